The van der Waals surface area contributed by atoms with Gasteiger partial charge in [0, 0.05) is 41.1 Å². The summed E-state index contributed by atoms with van der Waals surface area (Å²) in [7, 11) is 1.35. The standard InChI is InChI=1S/C25H17N3O3/c1-30-25(29)17-6-4-5-16(13-17)22-20-8-7-18-15-27-10-9-19(18)23(20)31-24(21(22)14-26)28-11-2-3-12-28/h2-13,15,22H,1H3. The molecule has 0 N–H and O–H groups in total. The Labute approximate surface area is 178 Å². The zero-order valence-electron chi connectivity index (χ0n) is 16.6. The summed E-state index contributed by atoms with van der Waals surface area (Å²) in [4.78, 5) is 16.3. The van der Waals surface area contributed by atoms with Gasteiger partial charge >= 0.3 is 5.97 Å². The Balaban J connectivity index is 1.80. The van der Waals surface area contributed by atoms with E-state index in [1.165, 1.54) is 7.11 Å². The van der Waals surface area contributed by atoms with Crippen LogP contribution in [-0.4, -0.2) is 22.6 Å². The summed E-state index contributed by atoms with van der Waals surface area (Å²) in [6.45, 7) is 0. The zero-order valence-corrected chi connectivity index (χ0v) is 16.6. The lowest BCUT2D eigenvalue weighted by Gasteiger charge is -2.29. The number of carbonyl (C=O) groups excluding carboxylic acids is 1. The summed E-state index contributed by atoms with van der Waals surface area (Å²) in [5.74, 6) is 0.286. The molecule has 6 nitrogen and oxygen atoms in total. The number of nitriles is 1. The predicted molar refractivity (Wildman–Crippen MR) is 115 cm³/mol. The Kier molecular flexibility index (Phi) is 4.49. The van der Waals surface area contributed by atoms with Crippen LogP contribution in [0.4, 0.5) is 0 Å². The number of ether oxygens (including phenoxy) is 2. The van der Waals surface area contributed by atoms with Crippen LogP contribution < -0.4 is 4.74 Å². The Hall–Kier alpha value is -4.37. The van der Waals surface area contributed by atoms with Crippen LogP contribution in [0.1, 0.15) is 27.4 Å². The number of benzene rings is 2. The van der Waals surface area contributed by atoms with Gasteiger partial charge in [-0.25, -0.2) is 4.79 Å². The van der Waals surface area contributed by atoms with E-state index < -0.39 is 11.9 Å². The van der Waals surface area contributed by atoms with Gasteiger partial charge in [-0.05, 0) is 35.9 Å². The normalized spacial score (nSPS) is 15.2. The minimum absolute atomic E-state index is 0.409. The maximum absolute atomic E-state index is 12.1. The Bertz CT molecular complexity index is 1380. The van der Waals surface area contributed by atoms with Crippen molar-refractivity contribution < 1.29 is 14.3 Å². The lowest BCUT2D eigenvalue weighted by Crippen LogP contribution is -2.19. The number of hydrogen-bond donors (Lipinski definition) is 0. The number of esters is 1. The zero-order chi connectivity index (χ0) is 21.4. The summed E-state index contributed by atoms with van der Waals surface area (Å²) in [6.07, 6.45) is 7.18. The second-order valence-electron chi connectivity index (χ2n) is 7.15. The van der Waals surface area contributed by atoms with Crippen LogP contribution in [0.5, 0.6) is 5.75 Å². The number of nitrogens with zero attached hydrogens (tertiary/aromatic N) is 3. The fourth-order valence-corrected chi connectivity index (χ4v) is 4.01. The highest BCUT2D eigenvalue weighted by atomic mass is 16.5. The summed E-state index contributed by atoms with van der Waals surface area (Å²) in [5.41, 5.74) is 2.55. The molecule has 1 atom stereocenters. The van der Waals surface area contributed by atoms with E-state index >= 15 is 0 Å². The van der Waals surface area contributed by atoms with Gasteiger partial charge in [0.2, 0.25) is 5.88 Å². The molecule has 0 bridgehead atoms. The fourth-order valence-electron chi connectivity index (χ4n) is 4.01. The molecule has 0 fully saturated rings. The van der Waals surface area contributed by atoms with Crippen molar-refractivity contribution in [3.63, 3.8) is 0 Å². The van der Waals surface area contributed by atoms with E-state index in [0.717, 1.165) is 21.9 Å². The first kappa shape index (κ1) is 18.6. The van der Waals surface area contributed by atoms with Crippen LogP contribution in [0.2, 0.25) is 0 Å². The molecule has 6 heteroatoms. The topological polar surface area (TPSA) is 77.1 Å². The molecule has 0 saturated carbocycles. The predicted octanol–water partition coefficient (Wildman–Crippen LogP) is 4.74. The van der Waals surface area contributed by atoms with Gasteiger partial charge in [0.05, 0.1) is 18.6 Å². The van der Waals surface area contributed by atoms with E-state index in [2.05, 4.69) is 11.1 Å². The SMILES string of the molecule is COC(=O)c1cccc(C2C(C#N)=C(n3cccc3)Oc3c2ccc2cnccc32)c1. The minimum atomic E-state index is -0.424. The minimum Gasteiger partial charge on any atom is -0.465 e. The molecule has 1 aliphatic heterocycles. The Morgan fingerprint density at radius 1 is 1.16 bits per heavy atom. The molecule has 31 heavy (non-hydrogen) atoms. The highest BCUT2D eigenvalue weighted by molar-refractivity contribution is 5.92. The van der Waals surface area contributed by atoms with Gasteiger partial charge in [-0.1, -0.05) is 24.3 Å². The van der Waals surface area contributed by atoms with Crippen LogP contribution >= 0.6 is 0 Å². The number of rotatable bonds is 3. The van der Waals surface area contributed by atoms with E-state index in [0.29, 0.717) is 22.8 Å². The number of fused-ring (bicyclic) bond motifs is 3. The Morgan fingerprint density at radius 3 is 2.77 bits per heavy atom. The second kappa shape index (κ2) is 7.47. The average molecular weight is 407 g/mol. The van der Waals surface area contributed by atoms with E-state index in [9.17, 15) is 10.1 Å². The lowest BCUT2D eigenvalue weighted by molar-refractivity contribution is 0.0600. The summed E-state index contributed by atoms with van der Waals surface area (Å²) in [6, 6.07) is 19.1. The number of carbonyl (C=O) groups is 1. The van der Waals surface area contributed by atoms with Crippen molar-refractivity contribution in [1.29, 1.82) is 5.26 Å². The molecule has 5 rings (SSSR count). The van der Waals surface area contributed by atoms with E-state index in [4.69, 9.17) is 9.47 Å². The van der Waals surface area contributed by atoms with Crippen LogP contribution in [0.3, 0.4) is 0 Å². The third-order valence-electron chi connectivity index (χ3n) is 5.43. The third kappa shape index (κ3) is 3.04. The van der Waals surface area contributed by atoms with Crippen molar-refractivity contribution in [3.8, 4) is 11.8 Å². The molecular formula is C25H17N3O3. The van der Waals surface area contributed by atoms with Gasteiger partial charge in [-0.2, -0.15) is 5.26 Å². The largest absolute Gasteiger partial charge is 0.465 e. The smallest absolute Gasteiger partial charge is 0.337 e. The van der Waals surface area contributed by atoms with Gasteiger partial charge in [0.25, 0.3) is 0 Å². The van der Waals surface area contributed by atoms with Crippen molar-refractivity contribution >= 4 is 22.6 Å². The van der Waals surface area contributed by atoms with E-state index in [1.54, 1.807) is 35.2 Å². The number of hydrogen-bond acceptors (Lipinski definition) is 5. The summed E-state index contributed by atoms with van der Waals surface area (Å²) < 4.78 is 13.0. The molecule has 3 heterocycles. The first-order valence-corrected chi connectivity index (χ1v) is 9.71. The number of aromatic nitrogens is 2. The number of pyridine rings is 1. The van der Waals surface area contributed by atoms with Gasteiger partial charge in [-0.3, -0.25) is 9.55 Å². The lowest BCUT2D eigenvalue weighted by atomic mass is 9.82. The van der Waals surface area contributed by atoms with Crippen molar-refractivity contribution in [2.75, 3.05) is 7.11 Å². The first-order chi connectivity index (χ1) is 15.2. The van der Waals surface area contributed by atoms with Crippen molar-refractivity contribution in [2.24, 2.45) is 0 Å². The maximum Gasteiger partial charge on any atom is 0.337 e. The molecule has 0 radical (unpaired) electrons. The Morgan fingerprint density at radius 2 is 2.00 bits per heavy atom. The van der Waals surface area contributed by atoms with E-state index in [1.807, 2.05) is 48.8 Å². The third-order valence-corrected chi connectivity index (χ3v) is 5.43. The monoisotopic (exact) mass is 407 g/mol. The molecule has 2 aromatic heterocycles. The molecule has 150 valence electrons. The molecule has 0 amide bonds. The van der Waals surface area contributed by atoms with Gasteiger partial charge in [0.1, 0.15) is 17.4 Å². The molecule has 1 aliphatic rings. The van der Waals surface area contributed by atoms with Crippen LogP contribution in [0.25, 0.3) is 16.7 Å². The van der Waals surface area contributed by atoms with Crippen molar-refractivity contribution in [2.45, 2.75) is 5.92 Å². The van der Waals surface area contributed by atoms with Crippen molar-refractivity contribution in [1.82, 2.24) is 9.55 Å². The van der Waals surface area contributed by atoms with Gasteiger partial charge in [-0.15, -0.1) is 0 Å². The summed E-state index contributed by atoms with van der Waals surface area (Å²) in [5, 5.41) is 12.0. The molecule has 2 aromatic carbocycles. The van der Waals surface area contributed by atoms with Crippen LogP contribution in [0, 0.1) is 11.3 Å². The highest BCUT2D eigenvalue weighted by Gasteiger charge is 2.33. The number of methoxy groups -OCH3 is 1. The first-order valence-electron chi connectivity index (χ1n) is 9.71. The van der Waals surface area contributed by atoms with Crippen LogP contribution in [-0.2, 0) is 4.74 Å². The number of allylic oxidation sites excluding steroid dienone is 1. The molecular weight excluding hydrogens is 390 g/mol. The van der Waals surface area contributed by atoms with Crippen molar-refractivity contribution in [3.05, 3.63) is 102 Å². The van der Waals surface area contributed by atoms with Crippen LogP contribution in [0.15, 0.2) is 85.0 Å². The quantitative estimate of drug-likeness (QED) is 0.459. The maximum atomic E-state index is 12.1. The molecule has 0 spiro atoms. The summed E-state index contributed by atoms with van der Waals surface area (Å²) >= 11 is 0. The van der Waals surface area contributed by atoms with E-state index in [-0.39, 0.29) is 0 Å². The molecule has 0 aliphatic carbocycles. The second-order valence-corrected chi connectivity index (χ2v) is 7.15. The van der Waals surface area contributed by atoms with Gasteiger partial charge in [0.15, 0.2) is 0 Å². The molecule has 4 aromatic rings. The van der Waals surface area contributed by atoms with Gasteiger partial charge < -0.3 is 9.47 Å². The average Bonchev–Trinajstić information content (AvgIpc) is 3.37. The fraction of sp³-hybridized carbons (Fsp3) is 0.0800. The molecule has 0 saturated heterocycles. The highest BCUT2D eigenvalue weighted by Crippen LogP contribution is 2.47. The molecule has 1 unspecified atom stereocenters.